The SMILES string of the molecule is COCC(C)n1c(C)cc(/C=C(/C#N)C(=O)NCCC(=O)N2CCCCC2)c1C. The average molecular weight is 401 g/mol. The number of nitriles is 1. The maximum Gasteiger partial charge on any atom is 0.261 e. The standard InChI is InChI=1S/C22H32N4O3/c1-16-12-19(18(3)26(16)17(2)15-29-4)13-20(14-23)22(28)24-9-8-21(27)25-10-6-5-7-11-25/h12-13,17H,5-11,15H2,1-4H3,(H,24,28)/b20-13-. The zero-order valence-corrected chi connectivity index (χ0v) is 18.0. The van der Waals surface area contributed by atoms with Crippen molar-refractivity contribution in [1.82, 2.24) is 14.8 Å². The van der Waals surface area contributed by atoms with Crippen LogP contribution in [0.1, 0.15) is 55.6 Å². The van der Waals surface area contributed by atoms with E-state index in [1.165, 1.54) is 6.42 Å². The second-order valence-corrected chi connectivity index (χ2v) is 7.62. The van der Waals surface area contributed by atoms with Gasteiger partial charge < -0.3 is 19.5 Å². The van der Waals surface area contributed by atoms with E-state index in [-0.39, 0.29) is 30.5 Å². The number of piperidine rings is 1. The van der Waals surface area contributed by atoms with Crippen molar-refractivity contribution in [3.05, 3.63) is 28.6 Å². The van der Waals surface area contributed by atoms with Gasteiger partial charge in [-0.05, 0) is 57.7 Å². The highest BCUT2D eigenvalue weighted by atomic mass is 16.5. The van der Waals surface area contributed by atoms with Gasteiger partial charge in [-0.3, -0.25) is 9.59 Å². The van der Waals surface area contributed by atoms with Crippen LogP contribution in [-0.4, -0.2) is 54.6 Å². The number of aryl methyl sites for hydroxylation is 1. The van der Waals surface area contributed by atoms with Crippen molar-refractivity contribution in [2.24, 2.45) is 0 Å². The number of carbonyl (C=O) groups excluding carboxylic acids is 2. The third-order valence-corrected chi connectivity index (χ3v) is 5.37. The number of methoxy groups -OCH3 is 1. The lowest BCUT2D eigenvalue weighted by molar-refractivity contribution is -0.132. The highest BCUT2D eigenvalue weighted by Crippen LogP contribution is 2.22. The number of hydrogen-bond donors (Lipinski definition) is 1. The molecule has 2 amide bonds. The normalized spacial score (nSPS) is 15.7. The number of aromatic nitrogens is 1. The molecule has 2 heterocycles. The fourth-order valence-corrected chi connectivity index (χ4v) is 3.93. The van der Waals surface area contributed by atoms with Crippen LogP contribution in [0.3, 0.4) is 0 Å². The van der Waals surface area contributed by atoms with Crippen LogP contribution in [0.4, 0.5) is 0 Å². The quantitative estimate of drug-likeness (QED) is 0.537. The number of hydrogen-bond acceptors (Lipinski definition) is 4. The van der Waals surface area contributed by atoms with Gasteiger partial charge in [0.1, 0.15) is 11.6 Å². The molecule has 2 rings (SSSR count). The first-order chi connectivity index (χ1) is 13.9. The van der Waals surface area contributed by atoms with Gasteiger partial charge in [-0.15, -0.1) is 0 Å². The Bertz CT molecular complexity index is 798. The minimum Gasteiger partial charge on any atom is -0.383 e. The molecule has 0 aromatic carbocycles. The number of nitrogens with one attached hydrogen (secondary N) is 1. The Morgan fingerprint density at radius 1 is 1.31 bits per heavy atom. The topological polar surface area (TPSA) is 87.4 Å². The molecular weight excluding hydrogens is 368 g/mol. The Hall–Kier alpha value is -2.59. The Labute approximate surface area is 173 Å². The average Bonchev–Trinajstić information content (AvgIpc) is 2.99. The fraction of sp³-hybridized carbons (Fsp3) is 0.591. The predicted octanol–water partition coefficient (Wildman–Crippen LogP) is 2.74. The summed E-state index contributed by atoms with van der Waals surface area (Å²) in [5.41, 5.74) is 2.90. The number of likely N-dealkylation sites (tertiary alicyclic amines) is 1. The van der Waals surface area contributed by atoms with E-state index in [0.29, 0.717) is 6.61 Å². The molecule has 7 heteroatoms. The predicted molar refractivity (Wildman–Crippen MR) is 112 cm³/mol. The van der Waals surface area contributed by atoms with Gasteiger partial charge >= 0.3 is 0 Å². The van der Waals surface area contributed by atoms with Gasteiger partial charge in [-0.2, -0.15) is 5.26 Å². The van der Waals surface area contributed by atoms with E-state index in [0.717, 1.165) is 42.9 Å². The summed E-state index contributed by atoms with van der Waals surface area (Å²) in [5.74, 6) is -0.392. The van der Waals surface area contributed by atoms with E-state index in [1.54, 1.807) is 13.2 Å². The van der Waals surface area contributed by atoms with Crippen molar-refractivity contribution in [1.29, 1.82) is 5.26 Å². The summed E-state index contributed by atoms with van der Waals surface area (Å²) in [6, 6.07) is 4.10. The highest BCUT2D eigenvalue weighted by molar-refractivity contribution is 6.02. The number of rotatable bonds is 8. The van der Waals surface area contributed by atoms with E-state index in [2.05, 4.69) is 16.8 Å². The van der Waals surface area contributed by atoms with Crippen LogP contribution in [0.25, 0.3) is 6.08 Å². The van der Waals surface area contributed by atoms with Crippen molar-refractivity contribution in [3.8, 4) is 6.07 Å². The summed E-state index contributed by atoms with van der Waals surface area (Å²) in [7, 11) is 1.67. The van der Waals surface area contributed by atoms with Gasteiger partial charge in [-0.25, -0.2) is 0 Å². The van der Waals surface area contributed by atoms with E-state index < -0.39 is 5.91 Å². The molecule has 1 aliphatic rings. The second-order valence-electron chi connectivity index (χ2n) is 7.62. The zero-order chi connectivity index (χ0) is 21.4. The van der Waals surface area contributed by atoms with E-state index in [1.807, 2.05) is 30.9 Å². The minimum absolute atomic E-state index is 0.0371. The number of ether oxygens (including phenoxy) is 1. The van der Waals surface area contributed by atoms with Crippen LogP contribution in [0.5, 0.6) is 0 Å². The third-order valence-electron chi connectivity index (χ3n) is 5.37. The van der Waals surface area contributed by atoms with E-state index in [4.69, 9.17) is 4.74 Å². The fourth-order valence-electron chi connectivity index (χ4n) is 3.93. The number of amides is 2. The molecule has 1 saturated heterocycles. The van der Waals surface area contributed by atoms with E-state index in [9.17, 15) is 14.9 Å². The van der Waals surface area contributed by atoms with Crippen LogP contribution < -0.4 is 5.32 Å². The Morgan fingerprint density at radius 2 is 2.00 bits per heavy atom. The second kappa shape index (κ2) is 10.8. The summed E-state index contributed by atoms with van der Waals surface area (Å²) in [5, 5.41) is 12.2. The van der Waals surface area contributed by atoms with Crippen molar-refractivity contribution in [3.63, 3.8) is 0 Å². The molecule has 0 aliphatic carbocycles. The molecule has 0 radical (unpaired) electrons. The van der Waals surface area contributed by atoms with Crippen LogP contribution in [0.2, 0.25) is 0 Å². The van der Waals surface area contributed by atoms with Gasteiger partial charge in [0.15, 0.2) is 0 Å². The Kier molecular flexibility index (Phi) is 8.47. The summed E-state index contributed by atoms with van der Waals surface area (Å²) in [4.78, 5) is 26.5. The molecule has 0 saturated carbocycles. The lowest BCUT2D eigenvalue weighted by Crippen LogP contribution is -2.38. The maximum absolute atomic E-state index is 12.4. The molecule has 29 heavy (non-hydrogen) atoms. The largest absolute Gasteiger partial charge is 0.383 e. The zero-order valence-electron chi connectivity index (χ0n) is 18.0. The maximum atomic E-state index is 12.4. The molecule has 1 aromatic heterocycles. The molecule has 1 unspecified atom stereocenters. The molecule has 158 valence electrons. The number of carbonyl (C=O) groups is 2. The van der Waals surface area contributed by atoms with Crippen LogP contribution >= 0.6 is 0 Å². The molecular formula is C22H32N4O3. The van der Waals surface area contributed by atoms with E-state index >= 15 is 0 Å². The van der Waals surface area contributed by atoms with Gasteiger partial charge in [0.05, 0.1) is 12.6 Å². The first-order valence-corrected chi connectivity index (χ1v) is 10.2. The number of nitrogens with zero attached hydrogens (tertiary/aromatic N) is 3. The molecule has 7 nitrogen and oxygen atoms in total. The molecule has 1 aromatic rings. The van der Waals surface area contributed by atoms with Gasteiger partial charge in [0.2, 0.25) is 5.91 Å². The van der Waals surface area contributed by atoms with Gasteiger partial charge in [-0.1, -0.05) is 0 Å². The highest BCUT2D eigenvalue weighted by Gasteiger charge is 2.18. The van der Waals surface area contributed by atoms with Crippen molar-refractivity contribution < 1.29 is 14.3 Å². The summed E-state index contributed by atoms with van der Waals surface area (Å²) in [6.45, 7) is 8.44. The Morgan fingerprint density at radius 3 is 2.62 bits per heavy atom. The molecule has 1 fully saturated rings. The Balaban J connectivity index is 2.00. The van der Waals surface area contributed by atoms with Crippen molar-refractivity contribution >= 4 is 17.9 Å². The first-order valence-electron chi connectivity index (χ1n) is 10.2. The lowest BCUT2D eigenvalue weighted by Gasteiger charge is -2.26. The lowest BCUT2D eigenvalue weighted by atomic mass is 10.1. The van der Waals surface area contributed by atoms with Crippen LogP contribution in [-0.2, 0) is 14.3 Å². The van der Waals surface area contributed by atoms with Crippen LogP contribution in [0.15, 0.2) is 11.6 Å². The molecule has 1 atom stereocenters. The van der Waals surface area contributed by atoms with Gasteiger partial charge in [0.25, 0.3) is 5.91 Å². The first kappa shape index (κ1) is 22.7. The molecule has 1 N–H and O–H groups in total. The summed E-state index contributed by atoms with van der Waals surface area (Å²) < 4.78 is 7.38. The van der Waals surface area contributed by atoms with Crippen molar-refractivity contribution in [2.75, 3.05) is 33.4 Å². The minimum atomic E-state index is -0.450. The summed E-state index contributed by atoms with van der Waals surface area (Å²) in [6.07, 6.45) is 5.12. The summed E-state index contributed by atoms with van der Waals surface area (Å²) >= 11 is 0. The third kappa shape index (κ3) is 5.94. The van der Waals surface area contributed by atoms with Crippen LogP contribution in [0, 0.1) is 25.2 Å². The van der Waals surface area contributed by atoms with Gasteiger partial charge in [0, 0.05) is 44.6 Å². The smallest absolute Gasteiger partial charge is 0.261 e. The monoisotopic (exact) mass is 400 g/mol. The molecule has 1 aliphatic heterocycles. The molecule has 0 spiro atoms. The van der Waals surface area contributed by atoms with Crippen molar-refractivity contribution in [2.45, 2.75) is 52.5 Å². The molecule has 0 bridgehead atoms.